The summed E-state index contributed by atoms with van der Waals surface area (Å²) >= 11 is 5.87. The first-order valence-electron chi connectivity index (χ1n) is 9.53. The van der Waals surface area contributed by atoms with Crippen LogP contribution in [0, 0.1) is 6.92 Å². The van der Waals surface area contributed by atoms with Crippen LogP contribution >= 0.6 is 11.6 Å². The topological polar surface area (TPSA) is 91.8 Å². The molecular formula is C23H19ClN6O. The molecule has 0 fully saturated rings. The average Bonchev–Trinajstić information content (AvgIpc) is 2.76. The van der Waals surface area contributed by atoms with Crippen LogP contribution in [0.15, 0.2) is 79.0 Å². The van der Waals surface area contributed by atoms with Gasteiger partial charge in [0.25, 0.3) is 5.91 Å². The maximum absolute atomic E-state index is 12.3. The highest BCUT2D eigenvalue weighted by Gasteiger charge is 2.07. The zero-order valence-corrected chi connectivity index (χ0v) is 17.4. The summed E-state index contributed by atoms with van der Waals surface area (Å²) in [5, 5.41) is 9.86. The molecule has 3 N–H and O–H groups in total. The lowest BCUT2D eigenvalue weighted by atomic mass is 10.2. The predicted octanol–water partition coefficient (Wildman–Crippen LogP) is 5.57. The van der Waals surface area contributed by atoms with E-state index in [9.17, 15) is 4.79 Å². The number of benzene rings is 2. The van der Waals surface area contributed by atoms with Gasteiger partial charge in [-0.1, -0.05) is 17.7 Å². The molecule has 154 valence electrons. The lowest BCUT2D eigenvalue weighted by Crippen LogP contribution is -2.11. The Morgan fingerprint density at radius 2 is 1.48 bits per heavy atom. The lowest BCUT2D eigenvalue weighted by molar-refractivity contribution is 0.102. The largest absolute Gasteiger partial charge is 0.340 e. The zero-order valence-electron chi connectivity index (χ0n) is 16.6. The molecule has 2 aromatic carbocycles. The van der Waals surface area contributed by atoms with Crippen LogP contribution in [0.25, 0.3) is 0 Å². The van der Waals surface area contributed by atoms with Crippen molar-refractivity contribution in [3.63, 3.8) is 0 Å². The van der Waals surface area contributed by atoms with Crippen molar-refractivity contribution in [3.8, 4) is 0 Å². The van der Waals surface area contributed by atoms with E-state index in [0.717, 1.165) is 5.69 Å². The molecule has 0 aliphatic carbocycles. The van der Waals surface area contributed by atoms with Crippen molar-refractivity contribution in [2.24, 2.45) is 0 Å². The quantitative estimate of drug-likeness (QED) is 0.370. The first-order valence-corrected chi connectivity index (χ1v) is 9.91. The molecule has 4 aromatic rings. The fraction of sp³-hybridized carbons (Fsp3) is 0.0435. The number of rotatable bonds is 6. The number of pyridine rings is 1. The van der Waals surface area contributed by atoms with Crippen molar-refractivity contribution in [2.45, 2.75) is 6.92 Å². The summed E-state index contributed by atoms with van der Waals surface area (Å²) in [5.41, 5.74) is 2.05. The normalized spacial score (nSPS) is 10.4. The second-order valence-electron chi connectivity index (χ2n) is 6.69. The van der Waals surface area contributed by atoms with E-state index in [1.807, 2.05) is 49.4 Å². The van der Waals surface area contributed by atoms with E-state index in [-0.39, 0.29) is 5.91 Å². The molecule has 8 heteroatoms. The van der Waals surface area contributed by atoms with Gasteiger partial charge in [-0.2, -0.15) is 0 Å². The van der Waals surface area contributed by atoms with Crippen molar-refractivity contribution in [3.05, 3.63) is 95.4 Å². The van der Waals surface area contributed by atoms with Gasteiger partial charge in [-0.05, 0) is 67.6 Å². The van der Waals surface area contributed by atoms with E-state index in [1.54, 1.807) is 36.5 Å². The maximum Gasteiger partial charge on any atom is 0.255 e. The Labute approximate surface area is 184 Å². The van der Waals surface area contributed by atoms with Gasteiger partial charge >= 0.3 is 0 Å². The fourth-order valence-corrected chi connectivity index (χ4v) is 2.98. The Morgan fingerprint density at radius 1 is 0.806 bits per heavy atom. The smallest absolute Gasteiger partial charge is 0.255 e. The average molecular weight is 431 g/mol. The summed E-state index contributed by atoms with van der Waals surface area (Å²) < 4.78 is 0. The van der Waals surface area contributed by atoms with Gasteiger partial charge in [0.2, 0.25) is 0 Å². The Balaban J connectivity index is 1.43. The third-order valence-electron chi connectivity index (χ3n) is 4.28. The maximum atomic E-state index is 12.3. The highest BCUT2D eigenvalue weighted by Crippen LogP contribution is 2.21. The highest BCUT2D eigenvalue weighted by molar-refractivity contribution is 6.30. The molecule has 0 saturated carbocycles. The van der Waals surface area contributed by atoms with E-state index < -0.39 is 0 Å². The van der Waals surface area contributed by atoms with Crippen LogP contribution in [0.3, 0.4) is 0 Å². The van der Waals surface area contributed by atoms with Crippen molar-refractivity contribution in [2.75, 3.05) is 16.0 Å². The van der Waals surface area contributed by atoms with Crippen LogP contribution in [-0.4, -0.2) is 20.9 Å². The first kappa shape index (κ1) is 20.3. The summed E-state index contributed by atoms with van der Waals surface area (Å²) in [6.45, 7) is 1.82. The zero-order chi connectivity index (χ0) is 21.6. The number of hydrogen-bond acceptors (Lipinski definition) is 6. The summed E-state index contributed by atoms with van der Waals surface area (Å²) in [6, 6.07) is 21.5. The van der Waals surface area contributed by atoms with Gasteiger partial charge in [0.15, 0.2) is 0 Å². The van der Waals surface area contributed by atoms with Crippen LogP contribution in [0.2, 0.25) is 5.02 Å². The summed E-state index contributed by atoms with van der Waals surface area (Å²) in [7, 11) is 0. The number of anilines is 5. The number of aromatic nitrogens is 3. The number of carbonyl (C=O) groups excluding carboxylic acids is 1. The third kappa shape index (κ3) is 5.55. The van der Waals surface area contributed by atoms with E-state index in [0.29, 0.717) is 39.6 Å². The van der Waals surface area contributed by atoms with Gasteiger partial charge in [-0.3, -0.25) is 4.79 Å². The number of hydrogen-bond donors (Lipinski definition) is 3. The minimum Gasteiger partial charge on any atom is -0.340 e. The molecule has 0 saturated heterocycles. The molecule has 0 aliphatic rings. The molecule has 1 amide bonds. The van der Waals surface area contributed by atoms with Gasteiger partial charge in [-0.25, -0.2) is 15.0 Å². The number of aryl methyl sites for hydroxylation is 1. The molecule has 0 atom stereocenters. The molecule has 0 spiro atoms. The fourth-order valence-electron chi connectivity index (χ4n) is 2.85. The monoisotopic (exact) mass is 430 g/mol. The molecular weight excluding hydrogens is 412 g/mol. The Morgan fingerprint density at radius 3 is 2.16 bits per heavy atom. The van der Waals surface area contributed by atoms with Gasteiger partial charge in [0, 0.05) is 34.2 Å². The Hall–Kier alpha value is -3.97. The summed E-state index contributed by atoms with van der Waals surface area (Å²) in [4.78, 5) is 25.4. The number of nitrogens with one attached hydrogen (secondary N) is 3. The number of carbonyl (C=O) groups is 1. The SMILES string of the molecule is Cc1nc(Nc2ccc(NC(=O)c3ccc(Cl)cc3)cc2)cc(Nc2ccccn2)n1. The predicted molar refractivity (Wildman–Crippen MR) is 123 cm³/mol. The molecule has 31 heavy (non-hydrogen) atoms. The highest BCUT2D eigenvalue weighted by atomic mass is 35.5. The minimum atomic E-state index is -0.200. The lowest BCUT2D eigenvalue weighted by Gasteiger charge is -2.11. The van der Waals surface area contributed by atoms with Crippen LogP contribution < -0.4 is 16.0 Å². The molecule has 2 aromatic heterocycles. The van der Waals surface area contributed by atoms with Gasteiger partial charge < -0.3 is 16.0 Å². The van der Waals surface area contributed by atoms with Gasteiger partial charge in [-0.15, -0.1) is 0 Å². The second kappa shape index (κ2) is 9.23. The van der Waals surface area contributed by atoms with Crippen LogP contribution in [0.1, 0.15) is 16.2 Å². The standard InChI is InChI=1S/C23H19ClN6O/c1-15-26-21(14-22(27-15)30-20-4-2-3-13-25-20)28-18-9-11-19(12-10-18)29-23(31)16-5-7-17(24)8-6-16/h2-14H,1H3,(H,29,31)(H2,25,26,27,28,30). The first-order chi connectivity index (χ1) is 15.0. The number of halogens is 1. The van der Waals surface area contributed by atoms with E-state index in [2.05, 4.69) is 30.9 Å². The number of amides is 1. The van der Waals surface area contributed by atoms with E-state index in [4.69, 9.17) is 11.6 Å². The summed E-state index contributed by atoms with van der Waals surface area (Å²) in [5.74, 6) is 2.40. The molecule has 7 nitrogen and oxygen atoms in total. The van der Waals surface area contributed by atoms with Crippen molar-refractivity contribution >= 4 is 46.3 Å². The minimum absolute atomic E-state index is 0.200. The third-order valence-corrected chi connectivity index (χ3v) is 4.53. The molecule has 0 aliphatic heterocycles. The molecule has 4 rings (SSSR count). The molecule has 0 unspecified atom stereocenters. The Bertz CT molecular complexity index is 1180. The van der Waals surface area contributed by atoms with E-state index >= 15 is 0 Å². The number of nitrogens with zero attached hydrogens (tertiary/aromatic N) is 3. The molecule has 0 radical (unpaired) electrons. The van der Waals surface area contributed by atoms with Crippen LogP contribution in [0.4, 0.5) is 28.8 Å². The van der Waals surface area contributed by atoms with Crippen molar-refractivity contribution < 1.29 is 4.79 Å². The van der Waals surface area contributed by atoms with Crippen LogP contribution in [-0.2, 0) is 0 Å². The summed E-state index contributed by atoms with van der Waals surface area (Å²) in [6.07, 6.45) is 1.71. The van der Waals surface area contributed by atoms with Crippen molar-refractivity contribution in [1.29, 1.82) is 0 Å². The van der Waals surface area contributed by atoms with Crippen LogP contribution in [0.5, 0.6) is 0 Å². The second-order valence-corrected chi connectivity index (χ2v) is 7.13. The Kier molecular flexibility index (Phi) is 6.05. The van der Waals surface area contributed by atoms with Crippen molar-refractivity contribution in [1.82, 2.24) is 15.0 Å². The van der Waals surface area contributed by atoms with Gasteiger partial charge in [0.05, 0.1) is 0 Å². The molecule has 2 heterocycles. The van der Waals surface area contributed by atoms with Gasteiger partial charge in [0.1, 0.15) is 23.3 Å². The molecule has 0 bridgehead atoms. The van der Waals surface area contributed by atoms with E-state index in [1.165, 1.54) is 0 Å².